The maximum atomic E-state index is 13.0. The standard InChI is InChI=1S/C13H13FN2O/c1-8-6-15-13(16-7-8)12(17)11-4-3-10(14)5-9(11)2/h3-7,12,17H,1-2H3. The molecular weight excluding hydrogens is 219 g/mol. The number of halogens is 1. The molecule has 4 heteroatoms. The summed E-state index contributed by atoms with van der Waals surface area (Å²) in [5.74, 6) is 0.00795. The predicted octanol–water partition coefficient (Wildman–Crippen LogP) is 2.31. The molecule has 0 aliphatic rings. The molecule has 1 atom stereocenters. The molecule has 2 rings (SSSR count). The minimum atomic E-state index is -0.920. The Bertz CT molecular complexity index is 525. The molecule has 1 N–H and O–H groups in total. The minimum absolute atomic E-state index is 0.316. The van der Waals surface area contributed by atoms with Crippen LogP contribution in [-0.4, -0.2) is 15.1 Å². The van der Waals surface area contributed by atoms with Crippen molar-refractivity contribution in [3.8, 4) is 0 Å². The first-order chi connectivity index (χ1) is 8.08. The first-order valence-corrected chi connectivity index (χ1v) is 5.30. The summed E-state index contributed by atoms with van der Waals surface area (Å²) in [4.78, 5) is 8.13. The molecule has 1 aromatic carbocycles. The fourth-order valence-corrected chi connectivity index (χ4v) is 1.63. The van der Waals surface area contributed by atoms with Crippen LogP contribution in [0.3, 0.4) is 0 Å². The lowest BCUT2D eigenvalue weighted by Crippen LogP contribution is -2.07. The van der Waals surface area contributed by atoms with Gasteiger partial charge < -0.3 is 5.11 Å². The fraction of sp³-hybridized carbons (Fsp3) is 0.231. The Hall–Kier alpha value is -1.81. The van der Waals surface area contributed by atoms with E-state index in [-0.39, 0.29) is 5.82 Å². The third kappa shape index (κ3) is 2.47. The van der Waals surface area contributed by atoms with Crippen molar-refractivity contribution in [1.29, 1.82) is 0 Å². The van der Waals surface area contributed by atoms with Crippen LogP contribution in [0.25, 0.3) is 0 Å². The van der Waals surface area contributed by atoms with Crippen molar-refractivity contribution in [2.45, 2.75) is 20.0 Å². The van der Waals surface area contributed by atoms with E-state index in [2.05, 4.69) is 9.97 Å². The van der Waals surface area contributed by atoms with Crippen molar-refractivity contribution in [1.82, 2.24) is 9.97 Å². The monoisotopic (exact) mass is 232 g/mol. The molecule has 0 amide bonds. The summed E-state index contributed by atoms with van der Waals surface area (Å²) >= 11 is 0. The van der Waals surface area contributed by atoms with Gasteiger partial charge >= 0.3 is 0 Å². The smallest absolute Gasteiger partial charge is 0.161 e. The number of hydrogen-bond acceptors (Lipinski definition) is 3. The lowest BCUT2D eigenvalue weighted by Gasteiger charge is -2.12. The molecule has 0 radical (unpaired) electrons. The van der Waals surface area contributed by atoms with Gasteiger partial charge in [-0.15, -0.1) is 0 Å². The van der Waals surface area contributed by atoms with Gasteiger partial charge in [-0.3, -0.25) is 0 Å². The Morgan fingerprint density at radius 2 is 1.82 bits per heavy atom. The molecule has 2 aromatic rings. The molecule has 0 saturated carbocycles. The average Bonchev–Trinajstić information content (AvgIpc) is 2.29. The van der Waals surface area contributed by atoms with E-state index in [0.29, 0.717) is 17.0 Å². The highest BCUT2D eigenvalue weighted by molar-refractivity contribution is 5.31. The number of rotatable bonds is 2. The van der Waals surface area contributed by atoms with E-state index < -0.39 is 6.10 Å². The molecule has 1 aromatic heterocycles. The summed E-state index contributed by atoms with van der Waals surface area (Å²) < 4.78 is 13.0. The third-order valence-corrected chi connectivity index (χ3v) is 2.57. The zero-order chi connectivity index (χ0) is 12.4. The molecule has 0 spiro atoms. The zero-order valence-corrected chi connectivity index (χ0v) is 9.68. The summed E-state index contributed by atoms with van der Waals surface area (Å²) in [6.07, 6.45) is 2.37. The molecule has 88 valence electrons. The summed E-state index contributed by atoms with van der Waals surface area (Å²) in [7, 11) is 0. The van der Waals surface area contributed by atoms with Crippen LogP contribution in [-0.2, 0) is 0 Å². The molecule has 0 bridgehead atoms. The van der Waals surface area contributed by atoms with Gasteiger partial charge in [0.2, 0.25) is 0 Å². The quantitative estimate of drug-likeness (QED) is 0.864. The highest BCUT2D eigenvalue weighted by Gasteiger charge is 2.15. The van der Waals surface area contributed by atoms with Gasteiger partial charge in [-0.05, 0) is 42.7 Å². The maximum Gasteiger partial charge on any atom is 0.161 e. The van der Waals surface area contributed by atoms with Crippen molar-refractivity contribution < 1.29 is 9.50 Å². The number of benzene rings is 1. The van der Waals surface area contributed by atoms with Crippen molar-refractivity contribution in [2.75, 3.05) is 0 Å². The topological polar surface area (TPSA) is 46.0 Å². The van der Waals surface area contributed by atoms with Gasteiger partial charge in [0.1, 0.15) is 11.9 Å². The molecule has 0 fully saturated rings. The number of aromatic nitrogens is 2. The Balaban J connectivity index is 2.36. The van der Waals surface area contributed by atoms with Gasteiger partial charge in [0.25, 0.3) is 0 Å². The van der Waals surface area contributed by atoms with Gasteiger partial charge in [-0.2, -0.15) is 0 Å². The molecule has 0 aliphatic heterocycles. The van der Waals surface area contributed by atoms with Gasteiger partial charge in [0.05, 0.1) is 0 Å². The molecule has 17 heavy (non-hydrogen) atoms. The molecule has 0 aliphatic carbocycles. The Morgan fingerprint density at radius 3 is 2.41 bits per heavy atom. The number of aliphatic hydroxyl groups excluding tert-OH is 1. The second-order valence-corrected chi connectivity index (χ2v) is 4.02. The first-order valence-electron chi connectivity index (χ1n) is 5.30. The molecular formula is C13H13FN2O. The summed E-state index contributed by atoms with van der Waals surface area (Å²) in [5, 5.41) is 10.1. The average molecular weight is 232 g/mol. The predicted molar refractivity (Wildman–Crippen MR) is 62.0 cm³/mol. The van der Waals surface area contributed by atoms with E-state index in [1.54, 1.807) is 25.4 Å². The minimum Gasteiger partial charge on any atom is -0.380 e. The number of nitrogens with zero attached hydrogens (tertiary/aromatic N) is 2. The van der Waals surface area contributed by atoms with E-state index in [1.165, 1.54) is 12.1 Å². The normalized spacial score (nSPS) is 12.5. The van der Waals surface area contributed by atoms with Crippen molar-refractivity contribution in [2.24, 2.45) is 0 Å². The largest absolute Gasteiger partial charge is 0.380 e. The molecule has 1 unspecified atom stereocenters. The second kappa shape index (κ2) is 4.59. The summed E-state index contributed by atoms with van der Waals surface area (Å²) in [5.41, 5.74) is 2.23. The summed E-state index contributed by atoms with van der Waals surface area (Å²) in [6.45, 7) is 3.62. The first kappa shape index (κ1) is 11.7. The van der Waals surface area contributed by atoms with Crippen molar-refractivity contribution >= 4 is 0 Å². The van der Waals surface area contributed by atoms with Crippen LogP contribution < -0.4 is 0 Å². The van der Waals surface area contributed by atoms with E-state index in [1.807, 2.05) is 6.92 Å². The maximum absolute atomic E-state index is 13.0. The Kier molecular flexibility index (Phi) is 3.15. The van der Waals surface area contributed by atoms with Crippen LogP contribution in [0.2, 0.25) is 0 Å². The van der Waals surface area contributed by atoms with Crippen LogP contribution in [0.4, 0.5) is 4.39 Å². The van der Waals surface area contributed by atoms with Gasteiger partial charge in [0, 0.05) is 12.4 Å². The summed E-state index contributed by atoms with van der Waals surface area (Å²) in [6, 6.07) is 4.25. The van der Waals surface area contributed by atoms with E-state index >= 15 is 0 Å². The van der Waals surface area contributed by atoms with E-state index in [9.17, 15) is 9.50 Å². The SMILES string of the molecule is Cc1cnc(C(O)c2ccc(F)cc2C)nc1. The Labute approximate surface area is 99.0 Å². The fourth-order valence-electron chi connectivity index (χ4n) is 1.63. The molecule has 0 saturated heterocycles. The Morgan fingerprint density at radius 1 is 1.18 bits per heavy atom. The van der Waals surface area contributed by atoms with Gasteiger partial charge in [-0.1, -0.05) is 6.07 Å². The van der Waals surface area contributed by atoms with E-state index in [4.69, 9.17) is 0 Å². The van der Waals surface area contributed by atoms with Gasteiger partial charge in [0.15, 0.2) is 5.82 Å². The lowest BCUT2D eigenvalue weighted by atomic mass is 10.0. The van der Waals surface area contributed by atoms with E-state index in [0.717, 1.165) is 5.56 Å². The highest BCUT2D eigenvalue weighted by atomic mass is 19.1. The number of aryl methyl sites for hydroxylation is 2. The number of hydrogen-bond donors (Lipinski definition) is 1. The van der Waals surface area contributed by atoms with Crippen LogP contribution in [0.5, 0.6) is 0 Å². The van der Waals surface area contributed by atoms with Crippen molar-refractivity contribution in [3.05, 3.63) is 58.9 Å². The van der Waals surface area contributed by atoms with Crippen LogP contribution in [0.15, 0.2) is 30.6 Å². The van der Waals surface area contributed by atoms with Crippen molar-refractivity contribution in [3.63, 3.8) is 0 Å². The number of aliphatic hydroxyl groups is 1. The molecule has 1 heterocycles. The molecule has 3 nitrogen and oxygen atoms in total. The lowest BCUT2D eigenvalue weighted by molar-refractivity contribution is 0.209. The van der Waals surface area contributed by atoms with Crippen LogP contribution >= 0.6 is 0 Å². The van der Waals surface area contributed by atoms with Crippen LogP contribution in [0.1, 0.15) is 28.6 Å². The van der Waals surface area contributed by atoms with Gasteiger partial charge in [-0.25, -0.2) is 14.4 Å². The van der Waals surface area contributed by atoms with Crippen LogP contribution in [0, 0.1) is 19.7 Å². The zero-order valence-electron chi connectivity index (χ0n) is 9.68. The second-order valence-electron chi connectivity index (χ2n) is 4.02. The third-order valence-electron chi connectivity index (χ3n) is 2.57. The highest BCUT2D eigenvalue weighted by Crippen LogP contribution is 2.22.